The first-order valence-corrected chi connectivity index (χ1v) is 7.88. The molecule has 1 atom stereocenters. The van der Waals surface area contributed by atoms with Crippen LogP contribution in [0.2, 0.25) is 0 Å². The summed E-state index contributed by atoms with van der Waals surface area (Å²) in [5.41, 5.74) is 1.28. The van der Waals surface area contributed by atoms with Gasteiger partial charge in [0.25, 0.3) is 17.5 Å². The Labute approximate surface area is 135 Å². The van der Waals surface area contributed by atoms with E-state index in [0.29, 0.717) is 6.54 Å². The fourth-order valence-corrected chi connectivity index (χ4v) is 3.27. The van der Waals surface area contributed by atoms with E-state index in [1.807, 2.05) is 23.9 Å². The van der Waals surface area contributed by atoms with Gasteiger partial charge in [-0.1, -0.05) is 0 Å². The summed E-state index contributed by atoms with van der Waals surface area (Å²) in [6.07, 6.45) is 0. The van der Waals surface area contributed by atoms with Crippen LogP contribution in [0.1, 0.15) is 26.3 Å². The lowest BCUT2D eigenvalue weighted by atomic mass is 10.1. The maximum Gasteiger partial charge on any atom is 0.270 e. The van der Waals surface area contributed by atoms with Crippen molar-refractivity contribution in [3.05, 3.63) is 61.8 Å². The van der Waals surface area contributed by atoms with Crippen molar-refractivity contribution in [3.8, 4) is 0 Å². The number of nitro groups is 1. The predicted octanol–water partition coefficient (Wildman–Crippen LogP) is 0.925. The molecule has 118 valence electrons. The molecule has 3 rings (SSSR count). The molecule has 0 aliphatic carbocycles. The summed E-state index contributed by atoms with van der Waals surface area (Å²) in [4.78, 5) is 37.1. The van der Waals surface area contributed by atoms with Crippen molar-refractivity contribution in [1.29, 1.82) is 0 Å². The summed E-state index contributed by atoms with van der Waals surface area (Å²) in [6, 6.07) is 5.76. The molecule has 0 bridgehead atoms. The third-order valence-corrected chi connectivity index (χ3v) is 4.41. The van der Waals surface area contributed by atoms with Crippen molar-refractivity contribution >= 4 is 28.8 Å². The lowest BCUT2D eigenvalue weighted by Crippen LogP contribution is -3.09. The number of non-ortho nitro benzene ring substituents is 1. The lowest BCUT2D eigenvalue weighted by Gasteiger charge is -2.19. The van der Waals surface area contributed by atoms with Crippen molar-refractivity contribution < 1.29 is 19.4 Å². The summed E-state index contributed by atoms with van der Waals surface area (Å²) in [6.45, 7) is 0.910. The normalized spacial score (nSPS) is 14.9. The van der Waals surface area contributed by atoms with E-state index in [0.717, 1.165) is 15.4 Å². The van der Waals surface area contributed by atoms with Gasteiger partial charge in [0.15, 0.2) is 6.67 Å². The maximum atomic E-state index is 12.4. The van der Waals surface area contributed by atoms with Crippen LogP contribution in [0.3, 0.4) is 0 Å². The number of fused-ring (bicyclic) bond motifs is 1. The maximum absolute atomic E-state index is 12.4. The standard InChI is InChI=1S/C15H13N3O4S/c1-16(7-10-4-5-23-8-10)9-17-14(19)12-3-2-11(18(21)22)6-13(12)15(17)20/h2-6,8H,7,9H2,1H3/p+1. The minimum Gasteiger partial charge on any atom is -0.316 e. The number of hydrogen-bond acceptors (Lipinski definition) is 5. The van der Waals surface area contributed by atoms with E-state index in [9.17, 15) is 19.7 Å². The molecule has 1 aliphatic rings. The molecule has 1 unspecified atom stereocenters. The molecule has 0 fully saturated rings. The van der Waals surface area contributed by atoms with Gasteiger partial charge in [-0.05, 0) is 22.9 Å². The highest BCUT2D eigenvalue weighted by atomic mass is 32.1. The van der Waals surface area contributed by atoms with E-state index in [2.05, 4.69) is 0 Å². The summed E-state index contributed by atoms with van der Waals surface area (Å²) >= 11 is 1.59. The van der Waals surface area contributed by atoms with Gasteiger partial charge in [-0.2, -0.15) is 11.3 Å². The average Bonchev–Trinajstić information content (AvgIpc) is 3.10. The predicted molar refractivity (Wildman–Crippen MR) is 83.4 cm³/mol. The number of nitrogens with zero attached hydrogens (tertiary/aromatic N) is 2. The van der Waals surface area contributed by atoms with Crippen LogP contribution in [-0.2, 0) is 6.54 Å². The topological polar surface area (TPSA) is 85.0 Å². The zero-order chi connectivity index (χ0) is 16.6. The first-order chi connectivity index (χ1) is 11.0. The second-order valence-electron chi connectivity index (χ2n) is 5.45. The quantitative estimate of drug-likeness (QED) is 0.501. The van der Waals surface area contributed by atoms with Crippen LogP contribution >= 0.6 is 11.3 Å². The highest BCUT2D eigenvalue weighted by Gasteiger charge is 2.38. The molecule has 1 aliphatic heterocycles. The van der Waals surface area contributed by atoms with Gasteiger partial charge in [-0.25, -0.2) is 4.90 Å². The SMILES string of the molecule is C[NH+](Cc1ccsc1)CN1C(=O)c2ccc([N+](=O)[O-])cc2C1=O. The first-order valence-electron chi connectivity index (χ1n) is 6.94. The van der Waals surface area contributed by atoms with Gasteiger partial charge >= 0.3 is 0 Å². The molecule has 7 nitrogen and oxygen atoms in total. The zero-order valence-corrected chi connectivity index (χ0v) is 13.1. The zero-order valence-electron chi connectivity index (χ0n) is 12.3. The number of thiophene rings is 1. The Bertz CT molecular complexity index is 788. The summed E-state index contributed by atoms with van der Waals surface area (Å²) < 4.78 is 0. The highest BCUT2D eigenvalue weighted by Crippen LogP contribution is 2.26. The number of rotatable bonds is 5. The first kappa shape index (κ1) is 15.3. The van der Waals surface area contributed by atoms with Crippen molar-refractivity contribution in [2.45, 2.75) is 6.54 Å². The molecule has 23 heavy (non-hydrogen) atoms. The van der Waals surface area contributed by atoms with Gasteiger partial charge in [-0.15, -0.1) is 0 Å². The van der Waals surface area contributed by atoms with Crippen LogP contribution in [0.25, 0.3) is 0 Å². The van der Waals surface area contributed by atoms with Crippen LogP contribution in [-0.4, -0.2) is 35.4 Å². The fraction of sp³-hybridized carbons (Fsp3) is 0.200. The Balaban J connectivity index is 1.78. The second-order valence-corrected chi connectivity index (χ2v) is 6.23. The van der Waals surface area contributed by atoms with Crippen molar-refractivity contribution in [3.63, 3.8) is 0 Å². The van der Waals surface area contributed by atoms with Gasteiger partial charge in [0.2, 0.25) is 0 Å². The summed E-state index contributed by atoms with van der Waals surface area (Å²) in [5.74, 6) is -0.872. The third kappa shape index (κ3) is 2.86. The summed E-state index contributed by atoms with van der Waals surface area (Å²) in [5, 5.41) is 14.8. The van der Waals surface area contributed by atoms with E-state index in [1.165, 1.54) is 18.2 Å². The molecule has 8 heteroatoms. The number of nitrogens with one attached hydrogen (secondary N) is 1. The second kappa shape index (κ2) is 5.90. The number of amides is 2. The largest absolute Gasteiger partial charge is 0.316 e. The molecule has 2 aromatic rings. The number of carbonyl (C=O) groups excluding carboxylic acids is 2. The Morgan fingerprint density at radius 3 is 2.61 bits per heavy atom. The van der Waals surface area contributed by atoms with Crippen LogP contribution in [0.4, 0.5) is 5.69 Å². The van der Waals surface area contributed by atoms with Crippen molar-refractivity contribution in [2.75, 3.05) is 13.7 Å². The van der Waals surface area contributed by atoms with Gasteiger partial charge in [-0.3, -0.25) is 19.7 Å². The van der Waals surface area contributed by atoms with Gasteiger partial charge in [0, 0.05) is 17.7 Å². The Hall–Kier alpha value is -2.58. The van der Waals surface area contributed by atoms with Crippen LogP contribution < -0.4 is 4.90 Å². The Morgan fingerprint density at radius 1 is 1.22 bits per heavy atom. The van der Waals surface area contributed by atoms with Crippen LogP contribution in [0.5, 0.6) is 0 Å². The number of carbonyl (C=O) groups is 2. The molecule has 2 amide bonds. The molecule has 1 N–H and O–H groups in total. The number of nitro benzene ring substituents is 1. The molecule has 1 aromatic heterocycles. The fourth-order valence-electron chi connectivity index (χ4n) is 2.60. The van der Waals surface area contributed by atoms with E-state index < -0.39 is 16.7 Å². The molecule has 0 spiro atoms. The average molecular weight is 332 g/mol. The van der Waals surface area contributed by atoms with Gasteiger partial charge in [0.1, 0.15) is 6.54 Å². The molecule has 0 radical (unpaired) electrons. The highest BCUT2D eigenvalue weighted by molar-refractivity contribution is 7.07. The number of quaternary nitrogens is 1. The number of imide groups is 1. The smallest absolute Gasteiger partial charge is 0.270 e. The third-order valence-electron chi connectivity index (χ3n) is 3.68. The molecular formula is C15H14N3O4S+. The minimum absolute atomic E-state index is 0.104. The van der Waals surface area contributed by atoms with Gasteiger partial charge < -0.3 is 4.90 Å². The number of hydrogen-bond donors (Lipinski definition) is 1. The Morgan fingerprint density at radius 2 is 1.96 bits per heavy atom. The van der Waals surface area contributed by atoms with E-state index in [1.54, 1.807) is 11.3 Å². The molecular weight excluding hydrogens is 318 g/mol. The molecule has 1 aromatic carbocycles. The van der Waals surface area contributed by atoms with Crippen molar-refractivity contribution in [1.82, 2.24) is 4.90 Å². The van der Waals surface area contributed by atoms with Crippen LogP contribution in [0, 0.1) is 10.1 Å². The molecule has 0 saturated heterocycles. The summed E-state index contributed by atoms with van der Waals surface area (Å²) in [7, 11) is 1.89. The lowest BCUT2D eigenvalue weighted by molar-refractivity contribution is -0.901. The van der Waals surface area contributed by atoms with Crippen molar-refractivity contribution in [2.24, 2.45) is 0 Å². The number of benzene rings is 1. The minimum atomic E-state index is -0.575. The molecule has 2 heterocycles. The van der Waals surface area contributed by atoms with Crippen LogP contribution in [0.15, 0.2) is 35.0 Å². The molecule has 0 saturated carbocycles. The van der Waals surface area contributed by atoms with E-state index >= 15 is 0 Å². The Kier molecular flexibility index (Phi) is 3.93. The van der Waals surface area contributed by atoms with Gasteiger partial charge in [0.05, 0.1) is 23.1 Å². The monoisotopic (exact) mass is 332 g/mol. The van der Waals surface area contributed by atoms with E-state index in [-0.39, 0.29) is 23.5 Å². The van der Waals surface area contributed by atoms with E-state index in [4.69, 9.17) is 0 Å².